The van der Waals surface area contributed by atoms with Crippen LogP contribution < -0.4 is 10.9 Å². The van der Waals surface area contributed by atoms with Crippen molar-refractivity contribution < 1.29 is 9.90 Å². The number of carboxylic acids is 1. The van der Waals surface area contributed by atoms with E-state index in [-0.39, 0.29) is 16.8 Å². The zero-order valence-electron chi connectivity index (χ0n) is 16.3. The molecule has 0 amide bonds. The topological polar surface area (TPSA) is 99.5 Å². The molecule has 2 heterocycles. The third-order valence-corrected chi connectivity index (χ3v) is 4.81. The van der Waals surface area contributed by atoms with E-state index in [1.807, 2.05) is 54.6 Å². The maximum Gasteiger partial charge on any atom is 0.337 e. The quantitative estimate of drug-likeness (QED) is 0.572. The molecule has 0 saturated carbocycles. The van der Waals surface area contributed by atoms with E-state index in [0.717, 1.165) is 11.3 Å². The van der Waals surface area contributed by atoms with Crippen molar-refractivity contribution in [3.05, 3.63) is 99.5 Å². The number of dihydropyridines is 1. The fourth-order valence-corrected chi connectivity index (χ4v) is 3.25. The van der Waals surface area contributed by atoms with Gasteiger partial charge in [-0.3, -0.25) is 14.9 Å². The summed E-state index contributed by atoms with van der Waals surface area (Å²) >= 11 is 0. The van der Waals surface area contributed by atoms with Crippen LogP contribution in [0.25, 0.3) is 11.4 Å². The van der Waals surface area contributed by atoms with Gasteiger partial charge in [-0.2, -0.15) is 0 Å². The van der Waals surface area contributed by atoms with Crippen LogP contribution in [0.1, 0.15) is 27.2 Å². The van der Waals surface area contributed by atoms with Gasteiger partial charge in [-0.15, -0.1) is 0 Å². The first-order valence-corrected chi connectivity index (χ1v) is 9.44. The lowest BCUT2D eigenvalue weighted by Crippen LogP contribution is -2.17. The first-order valence-electron chi connectivity index (χ1n) is 9.44. The van der Waals surface area contributed by atoms with Gasteiger partial charge < -0.3 is 10.4 Å². The lowest BCUT2D eigenvalue weighted by atomic mass is 10.0. The summed E-state index contributed by atoms with van der Waals surface area (Å²) in [4.78, 5) is 28.9. The number of nitrogens with one attached hydrogen (secondary N) is 2. The number of rotatable bonds is 5. The molecule has 3 aromatic rings. The number of H-pyrrole nitrogens is 1. The van der Waals surface area contributed by atoms with Crippen molar-refractivity contribution in [1.29, 1.82) is 0 Å². The molecule has 150 valence electrons. The minimum Gasteiger partial charge on any atom is -0.478 e. The molecule has 0 spiro atoms. The van der Waals surface area contributed by atoms with Gasteiger partial charge in [0.05, 0.1) is 22.5 Å². The Labute approximate surface area is 172 Å². The molecule has 1 aromatic heterocycles. The standard InChI is InChI=1S/C23H20N4O3/c1-15-19(22(28)27(26-15)17-7-3-2-4-8-17)14-25-21-11-10-16(13-18(21)23(29)30)20-9-5-6-12-24-20/h2-11,13-14,24,26H,12H2,1H3,(H,29,30). The Morgan fingerprint density at radius 3 is 2.70 bits per heavy atom. The maximum absolute atomic E-state index is 12.8. The number of aromatic carboxylic acids is 1. The number of para-hydroxylation sites is 1. The van der Waals surface area contributed by atoms with E-state index in [1.165, 1.54) is 10.9 Å². The normalized spacial score (nSPS) is 13.3. The molecule has 2 aromatic carbocycles. The number of aliphatic imine (C=N–C) groups is 1. The van der Waals surface area contributed by atoms with Crippen molar-refractivity contribution in [2.45, 2.75) is 6.92 Å². The molecule has 0 bridgehead atoms. The second-order valence-electron chi connectivity index (χ2n) is 6.81. The fourth-order valence-electron chi connectivity index (χ4n) is 3.25. The first-order chi connectivity index (χ1) is 14.5. The fraction of sp³-hybridized carbons (Fsp3) is 0.0870. The number of hydrogen-bond acceptors (Lipinski definition) is 4. The number of aromatic amines is 1. The van der Waals surface area contributed by atoms with Crippen LogP contribution >= 0.6 is 0 Å². The number of aryl methyl sites for hydroxylation is 1. The van der Waals surface area contributed by atoms with Crippen LogP contribution in [0.2, 0.25) is 0 Å². The summed E-state index contributed by atoms with van der Waals surface area (Å²) in [6, 6.07) is 14.2. The molecule has 0 radical (unpaired) electrons. The monoisotopic (exact) mass is 400 g/mol. The van der Waals surface area contributed by atoms with E-state index in [0.29, 0.717) is 23.5 Å². The molecule has 7 nitrogen and oxygen atoms in total. The number of carbonyl (C=O) groups is 1. The highest BCUT2D eigenvalue weighted by atomic mass is 16.4. The minimum absolute atomic E-state index is 0.0672. The number of benzene rings is 2. The number of aromatic nitrogens is 2. The minimum atomic E-state index is -1.08. The largest absolute Gasteiger partial charge is 0.478 e. The Hall–Kier alpha value is -4.13. The van der Waals surface area contributed by atoms with Crippen LogP contribution in [0.15, 0.2) is 76.5 Å². The van der Waals surface area contributed by atoms with Crippen molar-refractivity contribution in [2.24, 2.45) is 4.99 Å². The van der Waals surface area contributed by atoms with Crippen molar-refractivity contribution in [1.82, 2.24) is 15.1 Å². The highest BCUT2D eigenvalue weighted by Gasteiger charge is 2.14. The lowest BCUT2D eigenvalue weighted by Gasteiger charge is -2.13. The van der Waals surface area contributed by atoms with Gasteiger partial charge in [-0.25, -0.2) is 9.48 Å². The number of hydrogen-bond donors (Lipinski definition) is 3. The molecular weight excluding hydrogens is 380 g/mol. The molecule has 0 atom stereocenters. The molecule has 0 fully saturated rings. The third kappa shape index (κ3) is 3.73. The lowest BCUT2D eigenvalue weighted by molar-refractivity contribution is 0.0698. The molecule has 0 aliphatic carbocycles. The van der Waals surface area contributed by atoms with Crippen LogP contribution in [-0.2, 0) is 0 Å². The second kappa shape index (κ2) is 8.08. The van der Waals surface area contributed by atoms with Gasteiger partial charge in [-0.1, -0.05) is 36.4 Å². The highest BCUT2D eigenvalue weighted by molar-refractivity contribution is 5.96. The predicted molar refractivity (Wildman–Crippen MR) is 117 cm³/mol. The average molecular weight is 400 g/mol. The number of carboxylic acid groups (broad SMARTS) is 1. The smallest absolute Gasteiger partial charge is 0.337 e. The van der Waals surface area contributed by atoms with Crippen LogP contribution in [0.5, 0.6) is 0 Å². The molecule has 4 rings (SSSR count). The van der Waals surface area contributed by atoms with Crippen LogP contribution in [0, 0.1) is 6.92 Å². The van der Waals surface area contributed by atoms with Gasteiger partial charge in [0, 0.05) is 24.2 Å². The molecule has 30 heavy (non-hydrogen) atoms. The van der Waals surface area contributed by atoms with Gasteiger partial charge in [0.1, 0.15) is 0 Å². The molecule has 7 heteroatoms. The SMILES string of the molecule is Cc1[nH]n(-c2ccccc2)c(=O)c1C=Nc1ccc(C2=CC=CCN2)cc1C(=O)O. The Morgan fingerprint density at radius 2 is 2.00 bits per heavy atom. The van der Waals surface area contributed by atoms with Gasteiger partial charge in [0.25, 0.3) is 5.56 Å². The van der Waals surface area contributed by atoms with Crippen molar-refractivity contribution in [2.75, 3.05) is 6.54 Å². The Bertz CT molecular complexity index is 1250. The van der Waals surface area contributed by atoms with Crippen LogP contribution in [0.3, 0.4) is 0 Å². The third-order valence-electron chi connectivity index (χ3n) is 4.81. The summed E-state index contributed by atoms with van der Waals surface area (Å²) in [5.74, 6) is -1.08. The average Bonchev–Trinajstić information content (AvgIpc) is 3.06. The Morgan fingerprint density at radius 1 is 1.20 bits per heavy atom. The van der Waals surface area contributed by atoms with Gasteiger partial charge >= 0.3 is 5.97 Å². The van der Waals surface area contributed by atoms with Crippen molar-refractivity contribution >= 4 is 23.6 Å². The summed E-state index contributed by atoms with van der Waals surface area (Å²) in [6.07, 6.45) is 7.20. The van der Waals surface area contributed by atoms with Gasteiger partial charge in [0.15, 0.2) is 0 Å². The van der Waals surface area contributed by atoms with Crippen molar-refractivity contribution in [3.8, 4) is 5.69 Å². The molecule has 1 aliphatic rings. The van der Waals surface area contributed by atoms with E-state index in [9.17, 15) is 14.7 Å². The van der Waals surface area contributed by atoms with Crippen LogP contribution in [0.4, 0.5) is 5.69 Å². The Kier molecular flexibility index (Phi) is 5.17. The highest BCUT2D eigenvalue weighted by Crippen LogP contribution is 2.24. The number of allylic oxidation sites excluding steroid dienone is 2. The summed E-state index contributed by atoms with van der Waals surface area (Å²) in [5.41, 5.74) is 3.44. The zero-order chi connectivity index (χ0) is 21.1. The zero-order valence-corrected chi connectivity index (χ0v) is 16.3. The Balaban J connectivity index is 1.70. The van der Waals surface area contributed by atoms with Gasteiger partial charge in [0.2, 0.25) is 0 Å². The summed E-state index contributed by atoms with van der Waals surface area (Å²) in [7, 11) is 0. The van der Waals surface area contributed by atoms with E-state index >= 15 is 0 Å². The van der Waals surface area contributed by atoms with E-state index in [2.05, 4.69) is 15.4 Å². The molecule has 0 unspecified atom stereocenters. The second-order valence-corrected chi connectivity index (χ2v) is 6.81. The van der Waals surface area contributed by atoms with E-state index < -0.39 is 5.97 Å². The molecule has 0 saturated heterocycles. The van der Waals surface area contributed by atoms with Crippen molar-refractivity contribution in [3.63, 3.8) is 0 Å². The summed E-state index contributed by atoms with van der Waals surface area (Å²) in [5, 5.41) is 15.9. The predicted octanol–water partition coefficient (Wildman–Crippen LogP) is 3.42. The maximum atomic E-state index is 12.8. The van der Waals surface area contributed by atoms with Crippen LogP contribution in [-0.4, -0.2) is 33.6 Å². The molecule has 3 N–H and O–H groups in total. The first kappa shape index (κ1) is 19.2. The van der Waals surface area contributed by atoms with E-state index in [1.54, 1.807) is 19.1 Å². The summed E-state index contributed by atoms with van der Waals surface area (Å²) in [6.45, 7) is 2.47. The number of nitrogens with zero attached hydrogens (tertiary/aromatic N) is 2. The molecule has 1 aliphatic heterocycles. The van der Waals surface area contributed by atoms with E-state index in [4.69, 9.17) is 0 Å². The summed E-state index contributed by atoms with van der Waals surface area (Å²) < 4.78 is 1.44. The van der Waals surface area contributed by atoms with Gasteiger partial charge in [-0.05, 0) is 42.8 Å². The molecular formula is C23H20N4O3.